The first-order chi connectivity index (χ1) is 10.1. The first-order valence-electron chi connectivity index (χ1n) is 6.56. The Bertz CT molecular complexity index is 675. The second kappa shape index (κ2) is 5.66. The number of ether oxygens (including phenoxy) is 2. The molecular weight excluding hydrogens is 339 g/mol. The van der Waals surface area contributed by atoms with Gasteiger partial charge in [-0.05, 0) is 36.4 Å². The zero-order chi connectivity index (χ0) is 15.0. The summed E-state index contributed by atoms with van der Waals surface area (Å²) in [6.07, 6.45) is -0.932. The molecule has 1 aliphatic heterocycles. The van der Waals surface area contributed by atoms with E-state index in [1.54, 1.807) is 37.4 Å². The molecule has 0 saturated heterocycles. The molecule has 2 aromatic rings. The second-order valence-corrected chi connectivity index (χ2v) is 5.84. The van der Waals surface area contributed by atoms with Crippen molar-refractivity contribution in [1.82, 2.24) is 0 Å². The van der Waals surface area contributed by atoms with Crippen molar-refractivity contribution in [1.29, 1.82) is 0 Å². The third-order valence-electron chi connectivity index (χ3n) is 3.59. The number of aliphatic hydroxyl groups is 1. The fourth-order valence-corrected chi connectivity index (χ4v) is 2.88. The summed E-state index contributed by atoms with van der Waals surface area (Å²) in [7, 11) is 1.57. The van der Waals surface area contributed by atoms with E-state index in [0.717, 1.165) is 4.47 Å². The molecule has 110 valence electrons. The highest BCUT2D eigenvalue weighted by atomic mass is 79.9. The predicted octanol–water partition coefficient (Wildman–Crippen LogP) is 4.15. The van der Waals surface area contributed by atoms with Gasteiger partial charge in [0.15, 0.2) is 0 Å². The molecule has 5 heteroatoms. The Labute approximate surface area is 130 Å². The van der Waals surface area contributed by atoms with Gasteiger partial charge in [0.25, 0.3) is 0 Å². The van der Waals surface area contributed by atoms with Gasteiger partial charge in [-0.1, -0.05) is 15.9 Å². The zero-order valence-corrected chi connectivity index (χ0v) is 12.9. The van der Waals surface area contributed by atoms with Crippen LogP contribution in [0, 0.1) is 5.82 Å². The zero-order valence-electron chi connectivity index (χ0n) is 11.3. The summed E-state index contributed by atoms with van der Waals surface area (Å²) in [5.41, 5.74) is 1.10. The molecular formula is C16H14BrFO3. The lowest BCUT2D eigenvalue weighted by atomic mass is 9.94. The van der Waals surface area contributed by atoms with Gasteiger partial charge >= 0.3 is 0 Å². The van der Waals surface area contributed by atoms with Crippen molar-refractivity contribution >= 4 is 15.9 Å². The quantitative estimate of drug-likeness (QED) is 0.882. The van der Waals surface area contributed by atoms with E-state index in [2.05, 4.69) is 15.9 Å². The highest BCUT2D eigenvalue weighted by molar-refractivity contribution is 9.10. The highest BCUT2D eigenvalue weighted by Gasteiger charge is 2.30. The summed E-state index contributed by atoms with van der Waals surface area (Å²) < 4.78 is 25.7. The fraction of sp³-hybridized carbons (Fsp3) is 0.250. The summed E-state index contributed by atoms with van der Waals surface area (Å²) in [6.45, 7) is 0. The number of hydrogen-bond acceptors (Lipinski definition) is 3. The number of methoxy groups -OCH3 is 1. The molecule has 2 aromatic carbocycles. The number of fused-ring (bicyclic) bond motifs is 1. The minimum absolute atomic E-state index is 0.299. The van der Waals surface area contributed by atoms with Crippen LogP contribution in [-0.4, -0.2) is 12.2 Å². The van der Waals surface area contributed by atoms with Gasteiger partial charge in [0, 0.05) is 22.0 Å². The van der Waals surface area contributed by atoms with Crippen LogP contribution in [0.5, 0.6) is 11.5 Å². The molecule has 1 heterocycles. The number of benzene rings is 2. The normalized spacial score (nSPS) is 20.6. The van der Waals surface area contributed by atoms with E-state index in [0.29, 0.717) is 29.0 Å². The molecule has 0 saturated carbocycles. The van der Waals surface area contributed by atoms with Crippen molar-refractivity contribution in [3.8, 4) is 11.5 Å². The second-order valence-electron chi connectivity index (χ2n) is 4.93. The van der Waals surface area contributed by atoms with Gasteiger partial charge in [0.2, 0.25) is 0 Å². The Hall–Kier alpha value is -1.59. The van der Waals surface area contributed by atoms with Crippen LogP contribution >= 0.6 is 15.9 Å². The topological polar surface area (TPSA) is 38.7 Å². The smallest absolute Gasteiger partial charge is 0.130 e. The Kier molecular flexibility index (Phi) is 3.87. The maximum Gasteiger partial charge on any atom is 0.130 e. The molecule has 0 radical (unpaired) electrons. The van der Waals surface area contributed by atoms with Gasteiger partial charge in [-0.3, -0.25) is 0 Å². The number of halogens is 2. The van der Waals surface area contributed by atoms with Gasteiger partial charge in [-0.15, -0.1) is 0 Å². The number of hydrogen-bond donors (Lipinski definition) is 1. The molecule has 0 spiro atoms. The van der Waals surface area contributed by atoms with Crippen molar-refractivity contribution < 1.29 is 19.0 Å². The lowest BCUT2D eigenvalue weighted by molar-refractivity contribution is 0.0637. The summed E-state index contributed by atoms with van der Waals surface area (Å²) in [6, 6.07) is 9.94. The Morgan fingerprint density at radius 2 is 2.05 bits per heavy atom. The third kappa shape index (κ3) is 2.76. The maximum atomic E-state index is 14.0. The van der Waals surface area contributed by atoms with E-state index in [1.165, 1.54) is 6.07 Å². The van der Waals surface area contributed by atoms with E-state index in [-0.39, 0.29) is 5.82 Å². The molecule has 0 amide bonds. The minimum atomic E-state index is -0.716. The lowest BCUT2D eigenvalue weighted by Gasteiger charge is -2.30. The summed E-state index contributed by atoms with van der Waals surface area (Å²) in [5, 5.41) is 10.3. The summed E-state index contributed by atoms with van der Waals surface area (Å²) in [4.78, 5) is 0. The van der Waals surface area contributed by atoms with Crippen LogP contribution < -0.4 is 9.47 Å². The van der Waals surface area contributed by atoms with Gasteiger partial charge in [-0.25, -0.2) is 4.39 Å². The Morgan fingerprint density at radius 1 is 1.24 bits per heavy atom. The molecule has 2 atom stereocenters. The lowest BCUT2D eigenvalue weighted by Crippen LogP contribution is -2.20. The molecule has 0 bridgehead atoms. The third-order valence-corrected chi connectivity index (χ3v) is 4.08. The van der Waals surface area contributed by atoms with E-state index >= 15 is 0 Å². The van der Waals surface area contributed by atoms with Crippen LogP contribution in [0.15, 0.2) is 40.9 Å². The molecule has 3 rings (SSSR count). The summed E-state index contributed by atoms with van der Waals surface area (Å²) in [5.74, 6) is 0.870. The van der Waals surface area contributed by atoms with Gasteiger partial charge in [0.1, 0.15) is 23.4 Å². The van der Waals surface area contributed by atoms with E-state index in [4.69, 9.17) is 9.47 Å². The van der Waals surface area contributed by atoms with Crippen molar-refractivity contribution in [2.45, 2.75) is 18.6 Å². The van der Waals surface area contributed by atoms with Crippen LogP contribution in [0.1, 0.15) is 29.8 Å². The van der Waals surface area contributed by atoms with Crippen LogP contribution in [-0.2, 0) is 0 Å². The molecule has 21 heavy (non-hydrogen) atoms. The number of rotatable bonds is 2. The van der Waals surface area contributed by atoms with Crippen LogP contribution in [0.25, 0.3) is 0 Å². The molecule has 0 aromatic heterocycles. The van der Waals surface area contributed by atoms with E-state index in [1.807, 2.05) is 0 Å². The van der Waals surface area contributed by atoms with Crippen molar-refractivity contribution in [3.05, 3.63) is 57.8 Å². The van der Waals surface area contributed by atoms with Gasteiger partial charge < -0.3 is 14.6 Å². The maximum absolute atomic E-state index is 14.0. The molecule has 3 nitrogen and oxygen atoms in total. The summed E-state index contributed by atoms with van der Waals surface area (Å²) >= 11 is 3.33. The highest BCUT2D eigenvalue weighted by Crippen LogP contribution is 2.43. The first-order valence-corrected chi connectivity index (χ1v) is 7.35. The van der Waals surface area contributed by atoms with Gasteiger partial charge in [0.05, 0.1) is 13.2 Å². The monoisotopic (exact) mass is 352 g/mol. The minimum Gasteiger partial charge on any atom is -0.497 e. The number of aliphatic hydroxyl groups excluding tert-OH is 1. The standard InChI is InChI=1S/C16H14BrFO3/c1-20-10-3-5-15-12(7-10)14(19)8-16(21-15)11-6-9(17)2-4-13(11)18/h2-7,14,16,19H,8H2,1H3/t14-,16?/m0/s1. The predicted molar refractivity (Wildman–Crippen MR) is 80.0 cm³/mol. The fourth-order valence-electron chi connectivity index (χ4n) is 2.50. The van der Waals surface area contributed by atoms with E-state index < -0.39 is 12.2 Å². The Balaban J connectivity index is 1.96. The average molecular weight is 353 g/mol. The first kappa shape index (κ1) is 14.4. The largest absolute Gasteiger partial charge is 0.497 e. The van der Waals surface area contributed by atoms with Crippen molar-refractivity contribution in [2.75, 3.05) is 7.11 Å². The Morgan fingerprint density at radius 3 is 2.81 bits per heavy atom. The molecule has 0 aliphatic carbocycles. The SMILES string of the molecule is COc1ccc2c(c1)[C@@H](O)CC(c1cc(Br)ccc1F)O2. The van der Waals surface area contributed by atoms with E-state index in [9.17, 15) is 9.50 Å². The van der Waals surface area contributed by atoms with Crippen LogP contribution in [0.4, 0.5) is 4.39 Å². The van der Waals surface area contributed by atoms with Crippen LogP contribution in [0.3, 0.4) is 0 Å². The molecule has 1 aliphatic rings. The van der Waals surface area contributed by atoms with Crippen molar-refractivity contribution in [2.24, 2.45) is 0 Å². The molecule has 1 N–H and O–H groups in total. The molecule has 0 fully saturated rings. The van der Waals surface area contributed by atoms with Crippen molar-refractivity contribution in [3.63, 3.8) is 0 Å². The molecule has 1 unspecified atom stereocenters. The average Bonchev–Trinajstić information content (AvgIpc) is 2.49. The van der Waals surface area contributed by atoms with Crippen LogP contribution in [0.2, 0.25) is 0 Å². The van der Waals surface area contributed by atoms with Gasteiger partial charge in [-0.2, -0.15) is 0 Å².